The zero-order valence-corrected chi connectivity index (χ0v) is 9.31. The Bertz CT molecular complexity index is 160. The highest BCUT2D eigenvalue weighted by Crippen LogP contribution is 2.22. The summed E-state index contributed by atoms with van der Waals surface area (Å²) in [5, 5.41) is 27.9. The highest BCUT2D eigenvalue weighted by molar-refractivity contribution is 4.81. The van der Waals surface area contributed by atoms with Crippen LogP contribution in [-0.2, 0) is 0 Å². The smallest absolute Gasteiger partial charge is 0.0695 e. The van der Waals surface area contributed by atoms with Crippen LogP contribution in [0.15, 0.2) is 0 Å². The van der Waals surface area contributed by atoms with Crippen LogP contribution in [0.3, 0.4) is 0 Å². The molecule has 3 N–H and O–H groups in total. The van der Waals surface area contributed by atoms with E-state index in [1.165, 1.54) is 6.42 Å². The van der Waals surface area contributed by atoms with E-state index in [4.69, 9.17) is 10.2 Å². The molecule has 2 unspecified atom stereocenters. The van der Waals surface area contributed by atoms with Crippen molar-refractivity contribution in [1.82, 2.24) is 4.90 Å². The Morgan fingerprint density at radius 3 is 2.13 bits per heavy atom. The van der Waals surface area contributed by atoms with Crippen molar-refractivity contribution >= 4 is 0 Å². The molecule has 0 saturated heterocycles. The monoisotopic (exact) mass is 217 g/mol. The molecule has 0 aliphatic heterocycles. The minimum atomic E-state index is -0.300. The minimum Gasteiger partial charge on any atom is -0.395 e. The van der Waals surface area contributed by atoms with Crippen LogP contribution in [0.4, 0.5) is 0 Å². The van der Waals surface area contributed by atoms with Crippen molar-refractivity contribution in [3.63, 3.8) is 0 Å². The minimum absolute atomic E-state index is 0.0865. The van der Waals surface area contributed by atoms with Crippen molar-refractivity contribution in [1.29, 1.82) is 0 Å². The maximum absolute atomic E-state index is 9.97. The van der Waals surface area contributed by atoms with Gasteiger partial charge in [0, 0.05) is 19.1 Å². The number of rotatable bonds is 5. The number of aliphatic hydroxyl groups excluding tert-OH is 3. The summed E-state index contributed by atoms with van der Waals surface area (Å²) in [7, 11) is 0. The van der Waals surface area contributed by atoms with E-state index in [1.807, 2.05) is 4.90 Å². The number of hydrogen-bond donors (Lipinski definition) is 3. The largest absolute Gasteiger partial charge is 0.395 e. The van der Waals surface area contributed by atoms with Crippen LogP contribution in [0.5, 0.6) is 0 Å². The number of hydrogen-bond acceptors (Lipinski definition) is 4. The van der Waals surface area contributed by atoms with Crippen LogP contribution in [0.25, 0.3) is 0 Å². The fraction of sp³-hybridized carbons (Fsp3) is 1.00. The average molecular weight is 217 g/mol. The molecule has 0 amide bonds. The zero-order valence-electron chi connectivity index (χ0n) is 9.31. The predicted octanol–water partition coefficient (Wildman–Crippen LogP) is -0.0334. The van der Waals surface area contributed by atoms with Gasteiger partial charge >= 0.3 is 0 Å². The fourth-order valence-electron chi connectivity index (χ4n) is 2.39. The van der Waals surface area contributed by atoms with Crippen molar-refractivity contribution in [2.24, 2.45) is 0 Å². The van der Waals surface area contributed by atoms with Gasteiger partial charge in [-0.2, -0.15) is 0 Å². The Balaban J connectivity index is 2.52. The number of nitrogens with zero attached hydrogens (tertiary/aromatic N) is 1. The highest BCUT2D eigenvalue weighted by atomic mass is 16.3. The third-order valence-corrected chi connectivity index (χ3v) is 3.19. The van der Waals surface area contributed by atoms with Crippen LogP contribution in [-0.4, -0.2) is 58.7 Å². The maximum atomic E-state index is 9.97. The van der Waals surface area contributed by atoms with Gasteiger partial charge in [-0.3, -0.25) is 4.90 Å². The van der Waals surface area contributed by atoms with Crippen molar-refractivity contribution < 1.29 is 15.3 Å². The lowest BCUT2D eigenvalue weighted by atomic mass is 10.0. The molecule has 15 heavy (non-hydrogen) atoms. The summed E-state index contributed by atoms with van der Waals surface area (Å²) in [4.78, 5) is 2.01. The molecule has 4 heteroatoms. The third-order valence-electron chi connectivity index (χ3n) is 3.19. The molecule has 0 spiro atoms. The molecule has 1 rings (SSSR count). The van der Waals surface area contributed by atoms with Gasteiger partial charge in [-0.15, -0.1) is 0 Å². The Kier molecular flexibility index (Phi) is 6.17. The molecule has 0 aromatic rings. The van der Waals surface area contributed by atoms with Crippen molar-refractivity contribution in [2.75, 3.05) is 26.3 Å². The molecule has 1 fully saturated rings. The Morgan fingerprint density at radius 1 is 0.933 bits per heavy atom. The van der Waals surface area contributed by atoms with Crippen LogP contribution >= 0.6 is 0 Å². The van der Waals surface area contributed by atoms with Gasteiger partial charge in [0.2, 0.25) is 0 Å². The molecular formula is C11H23NO3. The predicted molar refractivity (Wildman–Crippen MR) is 58.6 cm³/mol. The van der Waals surface area contributed by atoms with E-state index in [1.54, 1.807) is 0 Å². The van der Waals surface area contributed by atoms with E-state index < -0.39 is 0 Å². The van der Waals surface area contributed by atoms with Crippen LogP contribution in [0, 0.1) is 0 Å². The Labute approximate surface area is 91.5 Å². The van der Waals surface area contributed by atoms with Crippen LogP contribution < -0.4 is 0 Å². The first-order valence-corrected chi connectivity index (χ1v) is 5.93. The maximum Gasteiger partial charge on any atom is 0.0695 e. The molecule has 4 nitrogen and oxygen atoms in total. The standard InChI is InChI=1S/C11H23NO3/c13-8-6-12(7-9-14)10-4-2-1-3-5-11(10)15/h10-11,13-15H,1-9H2. The third kappa shape index (κ3) is 4.07. The summed E-state index contributed by atoms with van der Waals surface area (Å²) in [5.41, 5.74) is 0. The van der Waals surface area contributed by atoms with Gasteiger partial charge in [0.1, 0.15) is 0 Å². The summed E-state index contributed by atoms with van der Waals surface area (Å²) < 4.78 is 0. The lowest BCUT2D eigenvalue weighted by molar-refractivity contribution is 0.0266. The second kappa shape index (κ2) is 7.17. The van der Waals surface area contributed by atoms with Gasteiger partial charge < -0.3 is 15.3 Å². The summed E-state index contributed by atoms with van der Waals surface area (Å²) in [6.07, 6.45) is 4.92. The topological polar surface area (TPSA) is 63.9 Å². The molecule has 0 aromatic carbocycles. The van der Waals surface area contributed by atoms with Gasteiger partial charge in [-0.25, -0.2) is 0 Å². The van der Waals surface area contributed by atoms with Crippen molar-refractivity contribution in [3.8, 4) is 0 Å². The molecule has 2 atom stereocenters. The summed E-state index contributed by atoms with van der Waals surface area (Å²) in [5.74, 6) is 0. The normalized spacial score (nSPS) is 28.0. The van der Waals surface area contributed by atoms with E-state index in [-0.39, 0.29) is 25.4 Å². The molecular weight excluding hydrogens is 194 g/mol. The average Bonchev–Trinajstić information content (AvgIpc) is 2.43. The summed E-state index contributed by atoms with van der Waals surface area (Å²) >= 11 is 0. The van der Waals surface area contributed by atoms with Crippen LogP contribution in [0.1, 0.15) is 32.1 Å². The van der Waals surface area contributed by atoms with E-state index in [0.29, 0.717) is 13.1 Å². The van der Waals surface area contributed by atoms with Crippen molar-refractivity contribution in [2.45, 2.75) is 44.2 Å². The molecule has 1 aliphatic carbocycles. The first kappa shape index (κ1) is 12.9. The molecule has 1 aliphatic rings. The van der Waals surface area contributed by atoms with Gasteiger partial charge in [0.05, 0.1) is 19.3 Å². The second-order valence-electron chi connectivity index (χ2n) is 4.26. The van der Waals surface area contributed by atoms with Crippen LogP contribution in [0.2, 0.25) is 0 Å². The van der Waals surface area contributed by atoms with Gasteiger partial charge in [-0.05, 0) is 12.8 Å². The van der Waals surface area contributed by atoms with E-state index in [2.05, 4.69) is 0 Å². The summed E-state index contributed by atoms with van der Waals surface area (Å²) in [6, 6.07) is 0.117. The van der Waals surface area contributed by atoms with Gasteiger partial charge in [-0.1, -0.05) is 19.3 Å². The lowest BCUT2D eigenvalue weighted by Crippen LogP contribution is -2.45. The second-order valence-corrected chi connectivity index (χ2v) is 4.26. The first-order valence-electron chi connectivity index (χ1n) is 5.93. The van der Waals surface area contributed by atoms with E-state index >= 15 is 0 Å². The van der Waals surface area contributed by atoms with E-state index in [0.717, 1.165) is 25.7 Å². The molecule has 1 saturated carbocycles. The SMILES string of the molecule is OCCN(CCO)C1CCCCCC1O. The van der Waals surface area contributed by atoms with E-state index in [9.17, 15) is 5.11 Å². The zero-order chi connectivity index (χ0) is 11.1. The van der Waals surface area contributed by atoms with Gasteiger partial charge in [0.15, 0.2) is 0 Å². The first-order chi connectivity index (χ1) is 7.29. The Morgan fingerprint density at radius 2 is 1.53 bits per heavy atom. The highest BCUT2D eigenvalue weighted by Gasteiger charge is 2.26. The molecule has 0 aromatic heterocycles. The molecule has 0 heterocycles. The molecule has 0 bridgehead atoms. The molecule has 0 radical (unpaired) electrons. The fourth-order valence-corrected chi connectivity index (χ4v) is 2.39. The number of aliphatic hydroxyl groups is 3. The van der Waals surface area contributed by atoms with Gasteiger partial charge in [0.25, 0.3) is 0 Å². The molecule has 90 valence electrons. The Hall–Kier alpha value is -0.160. The summed E-state index contributed by atoms with van der Waals surface area (Å²) in [6.45, 7) is 1.26. The van der Waals surface area contributed by atoms with Crippen molar-refractivity contribution in [3.05, 3.63) is 0 Å². The lowest BCUT2D eigenvalue weighted by Gasteiger charge is -2.33. The quantitative estimate of drug-likeness (QED) is 0.566.